The van der Waals surface area contributed by atoms with Crippen molar-refractivity contribution in [3.63, 3.8) is 0 Å². The lowest BCUT2D eigenvalue weighted by atomic mass is 9.99. The first-order chi connectivity index (χ1) is 10.1. The van der Waals surface area contributed by atoms with Crippen LogP contribution in [0.3, 0.4) is 0 Å². The number of hydrogen-bond donors (Lipinski definition) is 1. The second-order valence-electron chi connectivity index (χ2n) is 5.97. The number of halogens is 1. The van der Waals surface area contributed by atoms with Crippen LogP contribution in [0.5, 0.6) is 0 Å². The molecule has 0 fully saturated rings. The minimum absolute atomic E-state index is 0.368. The molecule has 1 heterocycles. The van der Waals surface area contributed by atoms with E-state index in [4.69, 9.17) is 0 Å². The molecule has 0 saturated carbocycles. The van der Waals surface area contributed by atoms with Gasteiger partial charge in [0.25, 0.3) is 0 Å². The molecule has 3 rings (SSSR count). The van der Waals surface area contributed by atoms with E-state index in [1.54, 1.807) is 10.4 Å². The van der Waals surface area contributed by atoms with E-state index in [0.29, 0.717) is 12.1 Å². The van der Waals surface area contributed by atoms with Gasteiger partial charge >= 0.3 is 0 Å². The summed E-state index contributed by atoms with van der Waals surface area (Å²) in [6.07, 6.45) is 5.29. The van der Waals surface area contributed by atoms with Crippen molar-refractivity contribution in [2.75, 3.05) is 0 Å². The van der Waals surface area contributed by atoms with Crippen molar-refractivity contribution in [2.45, 2.75) is 51.6 Å². The van der Waals surface area contributed by atoms with Gasteiger partial charge in [-0.25, -0.2) is 0 Å². The largest absolute Gasteiger partial charge is 0.303 e. The molecule has 1 aromatic heterocycles. The quantitative estimate of drug-likeness (QED) is 0.723. The number of benzene rings is 1. The smallest absolute Gasteiger partial charge is 0.0391 e. The van der Waals surface area contributed by atoms with E-state index >= 15 is 0 Å². The van der Waals surface area contributed by atoms with Gasteiger partial charge in [-0.15, -0.1) is 11.3 Å². The molecule has 1 aromatic carbocycles. The topological polar surface area (TPSA) is 12.0 Å². The van der Waals surface area contributed by atoms with E-state index in [1.807, 2.05) is 11.3 Å². The van der Waals surface area contributed by atoms with Crippen molar-refractivity contribution in [1.82, 2.24) is 5.32 Å². The summed E-state index contributed by atoms with van der Waals surface area (Å²) in [7, 11) is 0. The molecule has 112 valence electrons. The Morgan fingerprint density at radius 3 is 2.48 bits per heavy atom. The maximum Gasteiger partial charge on any atom is 0.0391 e. The van der Waals surface area contributed by atoms with Crippen LogP contribution in [0.25, 0.3) is 0 Å². The van der Waals surface area contributed by atoms with Crippen molar-refractivity contribution in [3.8, 4) is 0 Å². The average Bonchev–Trinajstić information content (AvgIpc) is 2.92. The Bertz CT molecular complexity index is 579. The molecule has 0 bridgehead atoms. The van der Waals surface area contributed by atoms with Crippen molar-refractivity contribution in [2.24, 2.45) is 0 Å². The van der Waals surface area contributed by atoms with E-state index in [9.17, 15) is 0 Å². The highest BCUT2D eigenvalue weighted by molar-refractivity contribution is 9.10. The van der Waals surface area contributed by atoms with Crippen molar-refractivity contribution in [1.29, 1.82) is 0 Å². The van der Waals surface area contributed by atoms with Gasteiger partial charge in [0.1, 0.15) is 0 Å². The van der Waals surface area contributed by atoms with Crippen LogP contribution in [0.1, 0.15) is 59.7 Å². The molecule has 21 heavy (non-hydrogen) atoms. The standard InChI is InChI=1S/C18H22BrNS/c1-12(14-7-9-16(19)10-8-14)20-13(2)18-11-15-5-3-4-6-17(15)21-18/h7-13,20H,3-6H2,1-2H3/t12-,13?/m0/s1. The molecule has 0 amide bonds. The first-order valence-electron chi connectivity index (χ1n) is 7.76. The molecule has 1 nitrogen and oxygen atoms in total. The molecule has 0 radical (unpaired) electrons. The summed E-state index contributed by atoms with van der Waals surface area (Å²) >= 11 is 5.51. The summed E-state index contributed by atoms with van der Waals surface area (Å²) in [5, 5.41) is 3.74. The minimum Gasteiger partial charge on any atom is -0.303 e. The molecule has 0 aliphatic heterocycles. The Morgan fingerprint density at radius 1 is 1.05 bits per heavy atom. The third kappa shape index (κ3) is 3.58. The zero-order valence-corrected chi connectivity index (χ0v) is 15.1. The number of aryl methyl sites for hydroxylation is 2. The first kappa shape index (κ1) is 15.3. The lowest BCUT2D eigenvalue weighted by Crippen LogP contribution is -2.21. The van der Waals surface area contributed by atoms with Crippen LogP contribution in [0.4, 0.5) is 0 Å². The van der Waals surface area contributed by atoms with E-state index in [2.05, 4.69) is 65.4 Å². The van der Waals surface area contributed by atoms with Crippen LogP contribution in [-0.2, 0) is 12.8 Å². The fraction of sp³-hybridized carbons (Fsp3) is 0.444. The number of hydrogen-bond acceptors (Lipinski definition) is 2. The van der Waals surface area contributed by atoms with Gasteiger partial charge in [0.15, 0.2) is 0 Å². The van der Waals surface area contributed by atoms with Crippen LogP contribution in [0.15, 0.2) is 34.8 Å². The van der Waals surface area contributed by atoms with Crippen molar-refractivity contribution in [3.05, 3.63) is 55.7 Å². The Balaban J connectivity index is 1.69. The van der Waals surface area contributed by atoms with E-state index < -0.39 is 0 Å². The SMILES string of the molecule is CC(N[C@@H](C)c1ccc(Br)cc1)c1cc2c(s1)CCCC2. The summed E-state index contributed by atoms with van der Waals surface area (Å²) in [4.78, 5) is 3.12. The summed E-state index contributed by atoms with van der Waals surface area (Å²) in [5.74, 6) is 0. The third-order valence-electron chi connectivity index (χ3n) is 4.31. The van der Waals surface area contributed by atoms with Crippen LogP contribution in [0.2, 0.25) is 0 Å². The Labute approximate surface area is 139 Å². The van der Waals surface area contributed by atoms with E-state index in [1.165, 1.54) is 36.1 Å². The third-order valence-corrected chi connectivity index (χ3v) is 6.26. The number of rotatable bonds is 4. The molecule has 0 saturated heterocycles. The lowest BCUT2D eigenvalue weighted by Gasteiger charge is -2.19. The van der Waals surface area contributed by atoms with Crippen LogP contribution in [-0.4, -0.2) is 0 Å². The Hall–Kier alpha value is -0.640. The van der Waals surface area contributed by atoms with E-state index in [0.717, 1.165) is 4.47 Å². The number of nitrogens with one attached hydrogen (secondary N) is 1. The van der Waals surface area contributed by atoms with Gasteiger partial charge in [0, 0.05) is 26.3 Å². The zero-order chi connectivity index (χ0) is 14.8. The highest BCUT2D eigenvalue weighted by Gasteiger charge is 2.18. The second kappa shape index (κ2) is 6.64. The summed E-state index contributed by atoms with van der Waals surface area (Å²) in [6, 6.07) is 11.8. The van der Waals surface area contributed by atoms with Gasteiger partial charge in [-0.3, -0.25) is 0 Å². The summed E-state index contributed by atoms with van der Waals surface area (Å²) < 4.78 is 1.14. The van der Waals surface area contributed by atoms with Crippen molar-refractivity contribution < 1.29 is 0 Å². The Morgan fingerprint density at radius 2 is 1.76 bits per heavy atom. The molecular weight excluding hydrogens is 342 g/mol. The van der Waals surface area contributed by atoms with Crippen molar-refractivity contribution >= 4 is 27.3 Å². The molecule has 0 spiro atoms. The maximum atomic E-state index is 3.74. The van der Waals surface area contributed by atoms with Crippen LogP contribution < -0.4 is 5.32 Å². The molecular formula is C18H22BrNS. The monoisotopic (exact) mass is 363 g/mol. The van der Waals surface area contributed by atoms with Gasteiger partial charge in [-0.2, -0.15) is 0 Å². The summed E-state index contributed by atoms with van der Waals surface area (Å²) in [6.45, 7) is 4.53. The van der Waals surface area contributed by atoms with Gasteiger partial charge < -0.3 is 5.32 Å². The maximum absolute atomic E-state index is 3.74. The predicted octanol–water partition coefficient (Wildman–Crippen LogP) is 5.80. The van der Waals surface area contributed by atoms with E-state index in [-0.39, 0.29) is 0 Å². The number of thiophene rings is 1. The highest BCUT2D eigenvalue weighted by atomic mass is 79.9. The normalized spacial score (nSPS) is 17.3. The average molecular weight is 364 g/mol. The van der Waals surface area contributed by atoms with Crippen LogP contribution >= 0.6 is 27.3 Å². The molecule has 3 heteroatoms. The highest BCUT2D eigenvalue weighted by Crippen LogP contribution is 2.33. The zero-order valence-electron chi connectivity index (χ0n) is 12.7. The van der Waals surface area contributed by atoms with Gasteiger partial charge in [-0.05, 0) is 68.9 Å². The van der Waals surface area contributed by atoms with Gasteiger partial charge in [0.05, 0.1) is 0 Å². The molecule has 2 aromatic rings. The Kier molecular flexibility index (Phi) is 4.82. The first-order valence-corrected chi connectivity index (χ1v) is 9.37. The molecule has 1 aliphatic rings. The minimum atomic E-state index is 0.368. The fourth-order valence-corrected chi connectivity index (χ4v) is 4.57. The van der Waals surface area contributed by atoms with Gasteiger partial charge in [-0.1, -0.05) is 28.1 Å². The van der Waals surface area contributed by atoms with Gasteiger partial charge in [0.2, 0.25) is 0 Å². The number of fused-ring (bicyclic) bond motifs is 1. The predicted molar refractivity (Wildman–Crippen MR) is 95.1 cm³/mol. The summed E-state index contributed by atoms with van der Waals surface area (Å²) in [5.41, 5.74) is 2.94. The molecule has 2 atom stereocenters. The fourth-order valence-electron chi connectivity index (χ4n) is 3.03. The molecule has 1 N–H and O–H groups in total. The molecule has 1 aliphatic carbocycles. The molecule has 1 unspecified atom stereocenters. The second-order valence-corrected chi connectivity index (χ2v) is 8.05. The lowest BCUT2D eigenvalue weighted by molar-refractivity contribution is 0.500. The van der Waals surface area contributed by atoms with Crippen LogP contribution in [0, 0.1) is 0 Å².